The van der Waals surface area contributed by atoms with Crippen molar-refractivity contribution in [1.82, 2.24) is 0 Å². The molecule has 8 aromatic carbocycles. The van der Waals surface area contributed by atoms with E-state index in [1.165, 1.54) is 33.0 Å². The Hall–Kier alpha value is -6.64. The minimum absolute atomic E-state index is 0.864. The third-order valence-electron chi connectivity index (χ3n) is 9.44. The van der Waals surface area contributed by atoms with E-state index in [0.717, 1.165) is 50.5 Å². The lowest BCUT2D eigenvalue weighted by Crippen LogP contribution is -2.10. The number of furan rings is 1. The van der Waals surface area contributed by atoms with E-state index >= 15 is 0 Å². The number of benzene rings is 8. The van der Waals surface area contributed by atoms with Crippen LogP contribution in [0, 0.1) is 0 Å². The summed E-state index contributed by atoms with van der Waals surface area (Å²) in [4.78, 5) is 2.34. The third kappa shape index (κ3) is 5.53. The van der Waals surface area contributed by atoms with Gasteiger partial charge in [0.25, 0.3) is 0 Å². The first-order chi connectivity index (χ1) is 24.8. The molecule has 0 N–H and O–H groups in total. The molecule has 1 heterocycles. The molecule has 0 aliphatic heterocycles. The van der Waals surface area contributed by atoms with E-state index in [1.54, 1.807) is 0 Å². The molecule has 0 radical (unpaired) electrons. The summed E-state index contributed by atoms with van der Waals surface area (Å²) in [6.45, 7) is 0. The molecule has 2 nitrogen and oxygen atoms in total. The summed E-state index contributed by atoms with van der Waals surface area (Å²) in [5.74, 6) is 0.864. The SMILES string of the molecule is c1ccc(-c2ccc(N(c3cccc(-c4ccc5ccccc5c4)c3)c3cccc(-c4oc5ccccc5c4-c4ccccc4)c3)cc2)cc1. The highest BCUT2D eigenvalue weighted by Gasteiger charge is 2.20. The molecular formula is C48H33NO. The molecule has 0 saturated carbocycles. The monoisotopic (exact) mass is 639 g/mol. The van der Waals surface area contributed by atoms with Gasteiger partial charge < -0.3 is 9.32 Å². The summed E-state index contributed by atoms with van der Waals surface area (Å²) < 4.78 is 6.64. The fourth-order valence-electron chi connectivity index (χ4n) is 7.00. The number of fused-ring (bicyclic) bond motifs is 2. The van der Waals surface area contributed by atoms with Crippen molar-refractivity contribution in [2.24, 2.45) is 0 Å². The van der Waals surface area contributed by atoms with Gasteiger partial charge in [-0.15, -0.1) is 0 Å². The van der Waals surface area contributed by atoms with Crippen LogP contribution in [0.2, 0.25) is 0 Å². The van der Waals surface area contributed by atoms with Crippen LogP contribution < -0.4 is 4.90 Å². The summed E-state index contributed by atoms with van der Waals surface area (Å²) in [5.41, 5.74) is 12.1. The average Bonchev–Trinajstić information content (AvgIpc) is 3.59. The van der Waals surface area contributed by atoms with E-state index in [2.05, 4.69) is 193 Å². The van der Waals surface area contributed by atoms with E-state index < -0.39 is 0 Å². The number of hydrogen-bond acceptors (Lipinski definition) is 2. The van der Waals surface area contributed by atoms with Crippen LogP contribution in [0.1, 0.15) is 0 Å². The Morgan fingerprint density at radius 1 is 0.320 bits per heavy atom. The summed E-state index contributed by atoms with van der Waals surface area (Å²) >= 11 is 0. The lowest BCUT2D eigenvalue weighted by atomic mass is 9.98. The molecule has 0 saturated heterocycles. The quantitative estimate of drug-likeness (QED) is 0.173. The Morgan fingerprint density at radius 3 is 1.62 bits per heavy atom. The van der Waals surface area contributed by atoms with Crippen molar-refractivity contribution >= 4 is 38.8 Å². The molecule has 1 aromatic heterocycles. The number of hydrogen-bond donors (Lipinski definition) is 0. The van der Waals surface area contributed by atoms with Crippen molar-refractivity contribution in [2.75, 3.05) is 4.90 Å². The molecule has 0 unspecified atom stereocenters. The maximum atomic E-state index is 6.64. The molecule has 236 valence electrons. The number of para-hydroxylation sites is 1. The summed E-state index contributed by atoms with van der Waals surface area (Å²) in [6.07, 6.45) is 0. The molecule has 9 rings (SSSR count). The van der Waals surface area contributed by atoms with Gasteiger partial charge in [-0.3, -0.25) is 0 Å². The van der Waals surface area contributed by atoms with Gasteiger partial charge in [-0.25, -0.2) is 0 Å². The molecule has 0 bridgehead atoms. The zero-order chi connectivity index (χ0) is 33.3. The zero-order valence-corrected chi connectivity index (χ0v) is 27.4. The van der Waals surface area contributed by atoms with Crippen molar-refractivity contribution < 1.29 is 4.42 Å². The molecule has 9 aromatic rings. The number of nitrogens with zero attached hydrogens (tertiary/aromatic N) is 1. The van der Waals surface area contributed by atoms with Gasteiger partial charge in [-0.1, -0.05) is 152 Å². The molecule has 0 fully saturated rings. The Labute approximate surface area is 292 Å². The second-order valence-corrected chi connectivity index (χ2v) is 12.6. The standard InChI is InChI=1S/C48H33NO/c1-3-13-34(14-4-1)36-27-29-42(30-28-36)49(43-21-11-19-39(32-43)40-26-25-35-15-7-8-18-38(35)31-40)44-22-12-20-41(33-44)48-47(37-16-5-2-6-17-37)45-23-9-10-24-46(45)50-48/h1-33H. The van der Waals surface area contributed by atoms with E-state index in [4.69, 9.17) is 4.42 Å². The Balaban J connectivity index is 1.19. The maximum Gasteiger partial charge on any atom is 0.143 e. The fraction of sp³-hybridized carbons (Fsp3) is 0. The van der Waals surface area contributed by atoms with Crippen LogP contribution in [-0.2, 0) is 0 Å². The molecule has 0 atom stereocenters. The number of anilines is 3. The molecule has 2 heteroatoms. The van der Waals surface area contributed by atoms with Gasteiger partial charge in [0.1, 0.15) is 11.3 Å². The van der Waals surface area contributed by atoms with Gasteiger partial charge in [0.15, 0.2) is 0 Å². The van der Waals surface area contributed by atoms with Crippen molar-refractivity contribution in [3.8, 4) is 44.7 Å². The normalized spacial score (nSPS) is 11.2. The molecular weight excluding hydrogens is 607 g/mol. The highest BCUT2D eigenvalue weighted by molar-refractivity contribution is 6.02. The molecule has 0 aliphatic carbocycles. The van der Waals surface area contributed by atoms with E-state index in [1.807, 2.05) is 12.1 Å². The second-order valence-electron chi connectivity index (χ2n) is 12.6. The predicted molar refractivity (Wildman–Crippen MR) is 210 cm³/mol. The van der Waals surface area contributed by atoms with Crippen LogP contribution in [0.4, 0.5) is 17.1 Å². The highest BCUT2D eigenvalue weighted by atomic mass is 16.3. The fourth-order valence-corrected chi connectivity index (χ4v) is 7.00. The third-order valence-corrected chi connectivity index (χ3v) is 9.44. The Kier molecular flexibility index (Phi) is 7.53. The minimum Gasteiger partial charge on any atom is -0.455 e. The molecule has 0 aliphatic rings. The van der Waals surface area contributed by atoms with Crippen molar-refractivity contribution in [3.63, 3.8) is 0 Å². The number of rotatable bonds is 7. The molecule has 50 heavy (non-hydrogen) atoms. The lowest BCUT2D eigenvalue weighted by molar-refractivity contribution is 0.632. The van der Waals surface area contributed by atoms with Crippen LogP contribution in [0.25, 0.3) is 66.4 Å². The van der Waals surface area contributed by atoms with Gasteiger partial charge in [0.05, 0.1) is 0 Å². The largest absolute Gasteiger partial charge is 0.455 e. The van der Waals surface area contributed by atoms with Crippen LogP contribution in [0.3, 0.4) is 0 Å². The smallest absolute Gasteiger partial charge is 0.143 e. The van der Waals surface area contributed by atoms with Gasteiger partial charge in [-0.05, 0) is 87.1 Å². The lowest BCUT2D eigenvalue weighted by Gasteiger charge is -2.26. The zero-order valence-electron chi connectivity index (χ0n) is 27.4. The Bertz CT molecular complexity index is 2580. The average molecular weight is 640 g/mol. The van der Waals surface area contributed by atoms with E-state index in [-0.39, 0.29) is 0 Å². The van der Waals surface area contributed by atoms with Crippen molar-refractivity contribution in [2.45, 2.75) is 0 Å². The first-order valence-electron chi connectivity index (χ1n) is 17.0. The molecule has 0 spiro atoms. The van der Waals surface area contributed by atoms with Gasteiger partial charge in [-0.2, -0.15) is 0 Å². The Morgan fingerprint density at radius 2 is 0.860 bits per heavy atom. The van der Waals surface area contributed by atoms with E-state index in [0.29, 0.717) is 0 Å². The minimum atomic E-state index is 0.864. The predicted octanol–water partition coefficient (Wildman–Crippen LogP) is 13.7. The summed E-state index contributed by atoms with van der Waals surface area (Å²) in [7, 11) is 0. The summed E-state index contributed by atoms with van der Waals surface area (Å²) in [6, 6.07) is 71.0. The van der Waals surface area contributed by atoms with Crippen LogP contribution in [0.5, 0.6) is 0 Å². The van der Waals surface area contributed by atoms with Gasteiger partial charge >= 0.3 is 0 Å². The van der Waals surface area contributed by atoms with Crippen LogP contribution >= 0.6 is 0 Å². The van der Waals surface area contributed by atoms with Crippen LogP contribution in [0.15, 0.2) is 205 Å². The van der Waals surface area contributed by atoms with Crippen molar-refractivity contribution in [1.29, 1.82) is 0 Å². The van der Waals surface area contributed by atoms with Crippen LogP contribution in [-0.4, -0.2) is 0 Å². The van der Waals surface area contributed by atoms with Crippen molar-refractivity contribution in [3.05, 3.63) is 200 Å². The first-order valence-corrected chi connectivity index (χ1v) is 17.0. The molecule has 0 amide bonds. The maximum absolute atomic E-state index is 6.64. The van der Waals surface area contributed by atoms with E-state index in [9.17, 15) is 0 Å². The van der Waals surface area contributed by atoms with Gasteiger partial charge in [0.2, 0.25) is 0 Å². The second kappa shape index (κ2) is 12.8. The first kappa shape index (κ1) is 29.5. The topological polar surface area (TPSA) is 16.4 Å². The van der Waals surface area contributed by atoms with Gasteiger partial charge in [0, 0.05) is 33.6 Å². The summed E-state index contributed by atoms with van der Waals surface area (Å²) in [5, 5.41) is 3.58. The highest BCUT2D eigenvalue weighted by Crippen LogP contribution is 2.44.